The SMILES string of the molecule is Cc1cc([C@H]2CCCN(CC(=O)N(C)C3(C#N)CCCCC3)C2)n[nH]1. The summed E-state index contributed by atoms with van der Waals surface area (Å²) in [5, 5.41) is 17.1. The van der Waals surface area contributed by atoms with E-state index in [2.05, 4.69) is 27.2 Å². The molecule has 1 amide bonds. The van der Waals surface area contributed by atoms with E-state index in [1.165, 1.54) is 6.42 Å². The van der Waals surface area contributed by atoms with Crippen LogP contribution in [0.5, 0.6) is 0 Å². The molecule has 6 heteroatoms. The Morgan fingerprint density at radius 3 is 2.84 bits per heavy atom. The van der Waals surface area contributed by atoms with Gasteiger partial charge in [-0.25, -0.2) is 0 Å². The number of nitriles is 1. The first-order chi connectivity index (χ1) is 12.0. The van der Waals surface area contributed by atoms with Gasteiger partial charge in [0.1, 0.15) is 5.54 Å². The van der Waals surface area contributed by atoms with Crippen molar-refractivity contribution in [3.05, 3.63) is 17.5 Å². The Labute approximate surface area is 150 Å². The van der Waals surface area contributed by atoms with Gasteiger partial charge >= 0.3 is 0 Å². The summed E-state index contributed by atoms with van der Waals surface area (Å²) in [5.74, 6) is 0.457. The standard InChI is InChI=1S/C19H29N5O/c1-15-11-17(22-21-15)16-7-6-10-24(12-16)13-18(25)23(2)19(14-20)8-4-3-5-9-19/h11,16H,3-10,12-13H2,1-2H3,(H,21,22)/t16-/m0/s1. The van der Waals surface area contributed by atoms with Crippen LogP contribution in [0.1, 0.15) is 62.3 Å². The Morgan fingerprint density at radius 2 is 2.20 bits per heavy atom. The second kappa shape index (κ2) is 7.57. The Hall–Kier alpha value is -1.87. The van der Waals surface area contributed by atoms with Gasteiger partial charge in [-0.15, -0.1) is 0 Å². The number of likely N-dealkylation sites (tertiary alicyclic amines) is 1. The molecular weight excluding hydrogens is 314 g/mol. The number of amides is 1. The zero-order chi connectivity index (χ0) is 17.9. The van der Waals surface area contributed by atoms with Crippen LogP contribution in [0.15, 0.2) is 6.07 Å². The fourth-order valence-corrected chi connectivity index (χ4v) is 4.28. The normalized spacial score (nSPS) is 23.8. The van der Waals surface area contributed by atoms with Gasteiger partial charge in [-0.05, 0) is 45.2 Å². The Morgan fingerprint density at radius 1 is 1.44 bits per heavy atom. The number of nitrogens with zero attached hydrogens (tertiary/aromatic N) is 4. The molecule has 1 atom stereocenters. The van der Waals surface area contributed by atoms with Crippen molar-refractivity contribution in [3.8, 4) is 6.07 Å². The van der Waals surface area contributed by atoms with Crippen LogP contribution in [0.4, 0.5) is 0 Å². The van der Waals surface area contributed by atoms with Gasteiger partial charge in [0.2, 0.25) is 5.91 Å². The Kier molecular flexibility index (Phi) is 5.43. The van der Waals surface area contributed by atoms with Crippen LogP contribution in [-0.4, -0.2) is 58.1 Å². The van der Waals surface area contributed by atoms with Gasteiger partial charge in [0.25, 0.3) is 0 Å². The van der Waals surface area contributed by atoms with Gasteiger partial charge in [0, 0.05) is 25.2 Å². The van der Waals surface area contributed by atoms with Crippen molar-refractivity contribution in [2.75, 3.05) is 26.7 Å². The summed E-state index contributed by atoms with van der Waals surface area (Å²) >= 11 is 0. The molecule has 2 aliphatic rings. The van der Waals surface area contributed by atoms with Crippen LogP contribution in [0.2, 0.25) is 0 Å². The van der Waals surface area contributed by atoms with E-state index in [-0.39, 0.29) is 5.91 Å². The van der Waals surface area contributed by atoms with E-state index in [0.29, 0.717) is 12.5 Å². The smallest absolute Gasteiger partial charge is 0.237 e. The molecule has 1 aliphatic carbocycles. The minimum absolute atomic E-state index is 0.0716. The first-order valence-corrected chi connectivity index (χ1v) is 9.46. The van der Waals surface area contributed by atoms with Gasteiger partial charge in [0.15, 0.2) is 0 Å². The predicted octanol–water partition coefficient (Wildman–Crippen LogP) is 2.58. The number of carbonyl (C=O) groups is 1. The molecule has 1 aliphatic heterocycles. The van der Waals surface area contributed by atoms with Crippen LogP contribution in [0, 0.1) is 18.3 Å². The van der Waals surface area contributed by atoms with E-state index in [1.54, 1.807) is 4.90 Å². The van der Waals surface area contributed by atoms with E-state index in [9.17, 15) is 10.1 Å². The quantitative estimate of drug-likeness (QED) is 0.912. The van der Waals surface area contributed by atoms with Crippen LogP contribution in [0.3, 0.4) is 0 Å². The summed E-state index contributed by atoms with van der Waals surface area (Å²) in [6.45, 7) is 4.23. The van der Waals surface area contributed by atoms with Crippen molar-refractivity contribution in [1.82, 2.24) is 20.0 Å². The number of piperidine rings is 1. The van der Waals surface area contributed by atoms with Gasteiger partial charge in [-0.3, -0.25) is 14.8 Å². The van der Waals surface area contributed by atoms with E-state index in [4.69, 9.17) is 0 Å². The first kappa shape index (κ1) is 17.9. The molecule has 6 nitrogen and oxygen atoms in total. The molecule has 3 rings (SSSR count). The second-order valence-electron chi connectivity index (χ2n) is 7.71. The highest BCUT2D eigenvalue weighted by Gasteiger charge is 2.39. The maximum atomic E-state index is 12.8. The van der Waals surface area contributed by atoms with Gasteiger partial charge in [-0.2, -0.15) is 10.4 Å². The average molecular weight is 343 g/mol. The van der Waals surface area contributed by atoms with E-state index in [0.717, 1.165) is 63.0 Å². The molecule has 1 N–H and O–H groups in total. The number of nitrogens with one attached hydrogen (secondary N) is 1. The lowest BCUT2D eigenvalue weighted by Crippen LogP contribution is -2.53. The molecular formula is C19H29N5O. The Balaban J connectivity index is 1.61. The molecule has 2 fully saturated rings. The average Bonchev–Trinajstić information content (AvgIpc) is 3.08. The van der Waals surface area contributed by atoms with Crippen LogP contribution < -0.4 is 0 Å². The number of rotatable bonds is 4. The monoisotopic (exact) mass is 343 g/mol. The maximum Gasteiger partial charge on any atom is 0.237 e. The topological polar surface area (TPSA) is 76.0 Å². The van der Waals surface area contributed by atoms with Gasteiger partial charge in [-0.1, -0.05) is 19.3 Å². The highest BCUT2D eigenvalue weighted by atomic mass is 16.2. The lowest BCUT2D eigenvalue weighted by molar-refractivity contribution is -0.136. The molecule has 136 valence electrons. The first-order valence-electron chi connectivity index (χ1n) is 9.46. The molecule has 0 bridgehead atoms. The van der Waals surface area contributed by atoms with E-state index < -0.39 is 5.54 Å². The second-order valence-corrected chi connectivity index (χ2v) is 7.71. The summed E-state index contributed by atoms with van der Waals surface area (Å²) in [4.78, 5) is 16.8. The molecule has 0 radical (unpaired) electrons. The molecule has 0 unspecified atom stereocenters. The van der Waals surface area contributed by atoms with Crippen molar-refractivity contribution in [2.24, 2.45) is 0 Å². The van der Waals surface area contributed by atoms with E-state index in [1.807, 2.05) is 14.0 Å². The highest BCUT2D eigenvalue weighted by Crippen LogP contribution is 2.33. The lowest BCUT2D eigenvalue weighted by Gasteiger charge is -2.40. The fourth-order valence-electron chi connectivity index (χ4n) is 4.28. The number of carbonyl (C=O) groups excluding carboxylic acids is 1. The molecule has 25 heavy (non-hydrogen) atoms. The summed E-state index contributed by atoms with van der Waals surface area (Å²) in [5.41, 5.74) is 1.59. The molecule has 1 saturated carbocycles. The number of H-pyrrole nitrogens is 1. The van der Waals surface area contributed by atoms with E-state index >= 15 is 0 Å². The lowest BCUT2D eigenvalue weighted by atomic mass is 9.81. The van der Waals surface area contributed by atoms with Crippen LogP contribution in [0.25, 0.3) is 0 Å². The third-order valence-corrected chi connectivity index (χ3v) is 5.91. The minimum atomic E-state index is -0.593. The minimum Gasteiger partial charge on any atom is -0.326 e. The van der Waals surface area contributed by atoms with Crippen molar-refractivity contribution < 1.29 is 4.79 Å². The predicted molar refractivity (Wildman–Crippen MR) is 95.9 cm³/mol. The molecule has 1 aromatic heterocycles. The summed E-state index contributed by atoms with van der Waals surface area (Å²) < 4.78 is 0. The molecule has 1 saturated heterocycles. The number of aromatic amines is 1. The zero-order valence-corrected chi connectivity index (χ0v) is 15.4. The number of aromatic nitrogens is 2. The summed E-state index contributed by atoms with van der Waals surface area (Å²) in [6.07, 6.45) is 7.05. The summed E-state index contributed by atoms with van der Waals surface area (Å²) in [7, 11) is 1.81. The van der Waals surface area contributed by atoms with Crippen molar-refractivity contribution in [3.63, 3.8) is 0 Å². The summed E-state index contributed by atoms with van der Waals surface area (Å²) in [6, 6.07) is 4.55. The maximum absolute atomic E-state index is 12.8. The largest absolute Gasteiger partial charge is 0.326 e. The third-order valence-electron chi connectivity index (χ3n) is 5.91. The molecule has 0 aromatic carbocycles. The molecule has 0 spiro atoms. The van der Waals surface area contributed by atoms with Crippen molar-refractivity contribution in [2.45, 2.75) is 63.3 Å². The number of likely N-dealkylation sites (N-methyl/N-ethyl adjacent to an activating group) is 1. The number of aryl methyl sites for hydroxylation is 1. The molecule has 2 heterocycles. The molecule has 1 aromatic rings. The highest BCUT2D eigenvalue weighted by molar-refractivity contribution is 5.79. The van der Waals surface area contributed by atoms with Gasteiger partial charge in [0.05, 0.1) is 18.3 Å². The van der Waals surface area contributed by atoms with Crippen molar-refractivity contribution in [1.29, 1.82) is 5.26 Å². The number of hydrogen-bond acceptors (Lipinski definition) is 4. The van der Waals surface area contributed by atoms with Crippen LogP contribution in [-0.2, 0) is 4.79 Å². The number of hydrogen-bond donors (Lipinski definition) is 1. The fraction of sp³-hybridized carbons (Fsp3) is 0.737. The Bertz CT molecular complexity index is 640. The zero-order valence-electron chi connectivity index (χ0n) is 15.4. The van der Waals surface area contributed by atoms with Gasteiger partial charge < -0.3 is 4.90 Å². The van der Waals surface area contributed by atoms with Crippen molar-refractivity contribution >= 4 is 5.91 Å². The third kappa shape index (κ3) is 3.87. The van der Waals surface area contributed by atoms with Crippen LogP contribution >= 0.6 is 0 Å².